The fourth-order valence-corrected chi connectivity index (χ4v) is 1.60. The number of hydrogen-bond acceptors (Lipinski definition) is 8. The zero-order valence-corrected chi connectivity index (χ0v) is 16.5. The highest BCUT2D eigenvalue weighted by Crippen LogP contribution is 1.98. The molecule has 0 bridgehead atoms. The molecular weight excluding hydrogens is 352 g/mol. The predicted octanol–water partition coefficient (Wildman–Crippen LogP) is -1.40. The number of aliphatic hydroxyl groups excluding tert-OH is 2. The van der Waals surface area contributed by atoms with Gasteiger partial charge >= 0.3 is 0 Å². The van der Waals surface area contributed by atoms with Crippen LogP contribution < -0.4 is 0 Å². The lowest BCUT2D eigenvalue weighted by Crippen LogP contribution is -2.41. The van der Waals surface area contributed by atoms with Gasteiger partial charge in [0.15, 0.2) is 0 Å². The highest BCUT2D eigenvalue weighted by Gasteiger charge is 2.14. The van der Waals surface area contributed by atoms with Gasteiger partial charge in [-0.2, -0.15) is 10.5 Å². The van der Waals surface area contributed by atoms with Crippen LogP contribution in [0.2, 0.25) is 0 Å². The molecule has 0 aromatic carbocycles. The van der Waals surface area contributed by atoms with Gasteiger partial charge in [-0.05, 0) is 0 Å². The van der Waals surface area contributed by atoms with Crippen molar-refractivity contribution in [3.8, 4) is 12.1 Å². The summed E-state index contributed by atoms with van der Waals surface area (Å²) in [4.78, 5) is 0. The molecule has 0 saturated carbocycles. The number of quaternary nitrogens is 2. The summed E-state index contributed by atoms with van der Waals surface area (Å²) in [5.41, 5.74) is 0. The van der Waals surface area contributed by atoms with Crippen LogP contribution in [-0.2, 0) is 10.4 Å². The maximum absolute atomic E-state index is 9.15. The third kappa shape index (κ3) is 45.0. The van der Waals surface area contributed by atoms with Gasteiger partial charge in [0.25, 0.3) is 0 Å². The maximum Gasteiger partial charge on any atom is 0.116 e. The number of aliphatic hydroxyl groups is 2. The number of nitriles is 2. The van der Waals surface area contributed by atoms with E-state index < -0.39 is 22.6 Å². The minimum Gasteiger partial charge on any atom is -0.759 e. The highest BCUT2D eigenvalue weighted by atomic mass is 32.3. The smallest absolute Gasteiger partial charge is 0.116 e. The zero-order valence-electron chi connectivity index (χ0n) is 15.7. The Balaban J connectivity index is -0.000000308. The second kappa shape index (κ2) is 13.0. The van der Waals surface area contributed by atoms with Crippen molar-refractivity contribution >= 4 is 10.4 Å². The molecule has 0 aromatic rings. The molecule has 2 unspecified atom stereocenters. The molecular formula is C14H30N4O6S. The first-order valence-corrected chi connectivity index (χ1v) is 8.62. The van der Waals surface area contributed by atoms with Crippen molar-refractivity contribution in [2.24, 2.45) is 0 Å². The summed E-state index contributed by atoms with van der Waals surface area (Å²) in [5, 5.41) is 34.7. The third-order valence-electron chi connectivity index (χ3n) is 2.17. The molecule has 0 rings (SSSR count). The predicted molar refractivity (Wildman–Crippen MR) is 88.7 cm³/mol. The molecule has 0 aromatic heterocycles. The normalized spacial score (nSPS) is 13.8. The van der Waals surface area contributed by atoms with Crippen LogP contribution in [-0.4, -0.2) is 104 Å². The molecule has 0 aliphatic rings. The third-order valence-corrected chi connectivity index (χ3v) is 2.17. The Morgan fingerprint density at radius 1 is 0.840 bits per heavy atom. The molecule has 0 spiro atoms. The van der Waals surface area contributed by atoms with Crippen molar-refractivity contribution < 1.29 is 36.7 Å². The SMILES string of the molecule is C[N+](C)(C)CC(O)CC#N.C[N+](C)(C)CC(O)CC#N.O=S(=O)([O-])[O-]. The van der Waals surface area contributed by atoms with Crippen LogP contribution in [0.15, 0.2) is 0 Å². The van der Waals surface area contributed by atoms with Crippen molar-refractivity contribution in [1.82, 2.24) is 0 Å². The van der Waals surface area contributed by atoms with Gasteiger partial charge in [-0.25, -0.2) is 0 Å². The summed E-state index contributed by atoms with van der Waals surface area (Å²) in [6.07, 6.45) is -0.500. The van der Waals surface area contributed by atoms with Crippen LogP contribution in [0.5, 0.6) is 0 Å². The van der Waals surface area contributed by atoms with Gasteiger partial charge in [0.05, 0.1) is 67.3 Å². The summed E-state index contributed by atoms with van der Waals surface area (Å²) in [6, 6.07) is 3.86. The largest absolute Gasteiger partial charge is 0.759 e. The first kappa shape index (κ1) is 28.5. The Labute approximate surface area is 150 Å². The van der Waals surface area contributed by atoms with E-state index in [1.54, 1.807) is 0 Å². The van der Waals surface area contributed by atoms with Crippen molar-refractivity contribution in [3.05, 3.63) is 0 Å². The second-order valence-electron chi connectivity index (χ2n) is 7.39. The maximum atomic E-state index is 9.15. The Kier molecular flexibility index (Phi) is 14.8. The molecule has 0 aliphatic heterocycles. The summed E-state index contributed by atoms with van der Waals surface area (Å²) in [7, 11) is 6.75. The molecule has 0 fully saturated rings. The molecule has 25 heavy (non-hydrogen) atoms. The Hall–Kier alpha value is -1.31. The van der Waals surface area contributed by atoms with Crippen molar-refractivity contribution in [1.29, 1.82) is 10.5 Å². The van der Waals surface area contributed by atoms with Gasteiger partial charge in [-0.1, -0.05) is 0 Å². The molecule has 10 nitrogen and oxygen atoms in total. The first-order chi connectivity index (χ1) is 10.9. The first-order valence-electron chi connectivity index (χ1n) is 7.29. The molecule has 0 heterocycles. The van der Waals surface area contributed by atoms with E-state index in [-0.39, 0.29) is 12.8 Å². The average molecular weight is 382 g/mol. The van der Waals surface area contributed by atoms with Crippen LogP contribution in [0, 0.1) is 22.7 Å². The quantitative estimate of drug-likeness (QED) is 0.321. The van der Waals surface area contributed by atoms with E-state index in [2.05, 4.69) is 0 Å². The summed E-state index contributed by atoms with van der Waals surface area (Å²) >= 11 is 0. The number of rotatable bonds is 6. The van der Waals surface area contributed by atoms with E-state index in [1.165, 1.54) is 0 Å². The Morgan fingerprint density at radius 3 is 1.16 bits per heavy atom. The van der Waals surface area contributed by atoms with Crippen molar-refractivity contribution in [3.63, 3.8) is 0 Å². The fourth-order valence-electron chi connectivity index (χ4n) is 1.60. The summed E-state index contributed by atoms with van der Waals surface area (Å²) in [5.74, 6) is 0. The van der Waals surface area contributed by atoms with Crippen LogP contribution in [0.1, 0.15) is 12.8 Å². The van der Waals surface area contributed by atoms with Gasteiger partial charge in [-0.15, -0.1) is 0 Å². The van der Waals surface area contributed by atoms with E-state index in [9.17, 15) is 0 Å². The molecule has 0 radical (unpaired) electrons. The van der Waals surface area contributed by atoms with Crippen molar-refractivity contribution in [2.75, 3.05) is 55.4 Å². The van der Waals surface area contributed by atoms with Gasteiger partial charge in [0.2, 0.25) is 0 Å². The van der Waals surface area contributed by atoms with Crippen LogP contribution in [0.4, 0.5) is 0 Å². The van der Waals surface area contributed by atoms with E-state index >= 15 is 0 Å². The van der Waals surface area contributed by atoms with Gasteiger partial charge < -0.3 is 28.3 Å². The van der Waals surface area contributed by atoms with Gasteiger partial charge in [-0.3, -0.25) is 8.42 Å². The molecule has 0 aliphatic carbocycles. The standard InChI is InChI=1S/2C7H15N2O.H2O4S/c2*1-9(2,3)6-7(10)4-5-8;1-5(2,3)4/h2*7,10H,4,6H2,1-3H3;(H2,1,2,3,4)/q2*+1;/p-2. The van der Waals surface area contributed by atoms with E-state index in [4.69, 9.17) is 38.3 Å². The van der Waals surface area contributed by atoms with E-state index in [1.807, 2.05) is 54.4 Å². The Bertz CT molecular complexity index is 483. The number of hydrogen-bond donors (Lipinski definition) is 2. The molecule has 148 valence electrons. The molecule has 11 heteroatoms. The molecule has 0 saturated heterocycles. The Morgan fingerprint density at radius 2 is 1.04 bits per heavy atom. The minimum atomic E-state index is -5.17. The zero-order chi connectivity index (χ0) is 20.9. The molecule has 0 amide bonds. The topological polar surface area (TPSA) is 168 Å². The van der Waals surface area contributed by atoms with Gasteiger partial charge in [0, 0.05) is 10.4 Å². The summed E-state index contributed by atoms with van der Waals surface area (Å²) < 4.78 is 35.5. The number of nitrogens with zero attached hydrogens (tertiary/aromatic N) is 4. The highest BCUT2D eigenvalue weighted by molar-refractivity contribution is 7.79. The summed E-state index contributed by atoms with van der Waals surface area (Å²) in [6.45, 7) is 1.27. The lowest BCUT2D eigenvalue weighted by molar-refractivity contribution is -0.873. The van der Waals surface area contributed by atoms with E-state index in [0.29, 0.717) is 22.1 Å². The minimum absolute atomic E-state index is 0.232. The molecule has 2 atom stereocenters. The van der Waals surface area contributed by atoms with Crippen molar-refractivity contribution in [2.45, 2.75) is 25.0 Å². The lowest BCUT2D eigenvalue weighted by atomic mass is 10.2. The lowest BCUT2D eigenvalue weighted by Gasteiger charge is -2.25. The second-order valence-corrected chi connectivity index (χ2v) is 8.20. The fraction of sp³-hybridized carbons (Fsp3) is 0.857. The van der Waals surface area contributed by atoms with Crippen LogP contribution in [0.25, 0.3) is 0 Å². The number of likely N-dealkylation sites (N-methyl/N-ethyl adjacent to an activating group) is 2. The van der Waals surface area contributed by atoms with Crippen LogP contribution >= 0.6 is 0 Å². The monoisotopic (exact) mass is 382 g/mol. The molecule has 2 N–H and O–H groups in total. The van der Waals surface area contributed by atoms with E-state index in [0.717, 1.165) is 0 Å². The van der Waals surface area contributed by atoms with Crippen LogP contribution in [0.3, 0.4) is 0 Å². The van der Waals surface area contributed by atoms with Gasteiger partial charge in [0.1, 0.15) is 25.3 Å². The average Bonchev–Trinajstić information content (AvgIpc) is 2.22.